The zero-order valence-corrected chi connectivity index (χ0v) is 15.3. The summed E-state index contributed by atoms with van der Waals surface area (Å²) in [6.45, 7) is 0. The molecule has 1 aromatic heterocycles. The fourth-order valence-corrected chi connectivity index (χ4v) is 3.49. The maximum atomic E-state index is 12.7. The first-order valence-electron chi connectivity index (χ1n) is 7.53. The van der Waals surface area contributed by atoms with E-state index < -0.39 is 5.25 Å². The van der Waals surface area contributed by atoms with Crippen LogP contribution in [0, 0.1) is 0 Å². The molecule has 0 unspecified atom stereocenters. The summed E-state index contributed by atoms with van der Waals surface area (Å²) < 4.78 is 1.60. The molecule has 0 radical (unpaired) electrons. The molecular weight excluding hydrogens is 358 g/mol. The van der Waals surface area contributed by atoms with E-state index in [9.17, 15) is 4.79 Å². The van der Waals surface area contributed by atoms with Gasteiger partial charge in [-0.05, 0) is 40.3 Å². The van der Waals surface area contributed by atoms with Crippen molar-refractivity contribution in [3.8, 4) is 5.69 Å². The van der Waals surface area contributed by atoms with Crippen molar-refractivity contribution in [3.05, 3.63) is 65.2 Å². The topological polar surface area (TPSA) is 63.9 Å². The Morgan fingerprint density at radius 1 is 1.12 bits per heavy atom. The molecule has 0 N–H and O–H groups in total. The van der Waals surface area contributed by atoms with Gasteiger partial charge in [-0.15, -0.1) is 5.10 Å². The Kier molecular flexibility index (Phi) is 5.35. The van der Waals surface area contributed by atoms with Gasteiger partial charge in [-0.3, -0.25) is 4.79 Å². The molecule has 25 heavy (non-hydrogen) atoms. The number of carbonyl (C=O) groups excluding carboxylic acids is 1. The van der Waals surface area contributed by atoms with Crippen LogP contribution in [0.25, 0.3) is 5.69 Å². The maximum absolute atomic E-state index is 12.7. The standard InChI is InChI=1S/C17H16ClN5OS/c1-22(2)16(24)15(12-6-4-3-5-7-12)25-17-19-20-21-23(17)14-10-8-13(18)9-11-14/h3-11,15H,1-2H3/t15-/m0/s1. The fourth-order valence-electron chi connectivity index (χ4n) is 2.23. The molecule has 1 atom stereocenters. The number of rotatable bonds is 5. The summed E-state index contributed by atoms with van der Waals surface area (Å²) >= 11 is 7.25. The summed E-state index contributed by atoms with van der Waals surface area (Å²) in [6, 6.07) is 16.8. The maximum Gasteiger partial charge on any atom is 0.240 e. The quantitative estimate of drug-likeness (QED) is 0.642. The fraction of sp³-hybridized carbons (Fsp3) is 0.176. The van der Waals surface area contributed by atoms with Crippen molar-refractivity contribution in [1.29, 1.82) is 0 Å². The monoisotopic (exact) mass is 373 g/mol. The Bertz CT molecular complexity index is 851. The van der Waals surface area contributed by atoms with Gasteiger partial charge in [0.15, 0.2) is 0 Å². The molecule has 0 aliphatic carbocycles. The summed E-state index contributed by atoms with van der Waals surface area (Å²) in [4.78, 5) is 14.2. The summed E-state index contributed by atoms with van der Waals surface area (Å²) in [5.74, 6) is -0.0261. The minimum Gasteiger partial charge on any atom is -0.348 e. The first-order valence-corrected chi connectivity index (χ1v) is 8.79. The second-order valence-corrected chi connectivity index (χ2v) is 7.00. The molecule has 0 aliphatic rings. The molecule has 0 saturated heterocycles. The van der Waals surface area contributed by atoms with Gasteiger partial charge in [-0.25, -0.2) is 0 Å². The Labute approximate surface area is 154 Å². The molecule has 0 bridgehead atoms. The highest BCUT2D eigenvalue weighted by Gasteiger charge is 2.26. The zero-order valence-electron chi connectivity index (χ0n) is 13.7. The number of hydrogen-bond donors (Lipinski definition) is 0. The summed E-state index contributed by atoms with van der Waals surface area (Å²) in [5, 5.41) is 12.6. The van der Waals surface area contributed by atoms with Crippen molar-refractivity contribution in [3.63, 3.8) is 0 Å². The van der Waals surface area contributed by atoms with Gasteiger partial charge in [0, 0.05) is 19.1 Å². The Hall–Kier alpha value is -2.38. The van der Waals surface area contributed by atoms with E-state index in [2.05, 4.69) is 15.5 Å². The van der Waals surface area contributed by atoms with E-state index in [0.29, 0.717) is 10.2 Å². The van der Waals surface area contributed by atoms with E-state index >= 15 is 0 Å². The summed E-state index contributed by atoms with van der Waals surface area (Å²) in [7, 11) is 3.47. The van der Waals surface area contributed by atoms with Gasteiger partial charge in [0.25, 0.3) is 0 Å². The van der Waals surface area contributed by atoms with Gasteiger partial charge in [0.1, 0.15) is 5.25 Å². The first kappa shape index (κ1) is 17.4. The van der Waals surface area contributed by atoms with Crippen LogP contribution in [0.4, 0.5) is 0 Å². The normalized spacial score (nSPS) is 12.0. The average molecular weight is 374 g/mol. The van der Waals surface area contributed by atoms with Crippen molar-refractivity contribution in [1.82, 2.24) is 25.1 Å². The first-order chi connectivity index (χ1) is 12.1. The molecule has 3 aromatic rings. The number of likely N-dealkylation sites (N-methyl/N-ethyl adjacent to an activating group) is 1. The predicted molar refractivity (Wildman–Crippen MR) is 97.9 cm³/mol. The molecule has 0 aliphatic heterocycles. The SMILES string of the molecule is CN(C)C(=O)[C@@H](Sc1nnnn1-c1ccc(Cl)cc1)c1ccccc1. The second-order valence-electron chi connectivity index (χ2n) is 5.49. The lowest BCUT2D eigenvalue weighted by molar-refractivity contribution is -0.128. The van der Waals surface area contributed by atoms with E-state index in [1.54, 1.807) is 35.8 Å². The lowest BCUT2D eigenvalue weighted by Crippen LogP contribution is -2.27. The molecule has 8 heteroatoms. The molecule has 2 aromatic carbocycles. The van der Waals surface area contributed by atoms with Crippen LogP contribution in [-0.4, -0.2) is 45.1 Å². The van der Waals surface area contributed by atoms with Crippen LogP contribution in [-0.2, 0) is 4.79 Å². The Morgan fingerprint density at radius 2 is 1.80 bits per heavy atom. The molecule has 0 saturated carbocycles. The van der Waals surface area contributed by atoms with Crippen molar-refractivity contribution < 1.29 is 4.79 Å². The number of nitrogens with zero attached hydrogens (tertiary/aromatic N) is 5. The summed E-state index contributed by atoms with van der Waals surface area (Å²) in [5.41, 5.74) is 1.68. The van der Waals surface area contributed by atoms with Crippen LogP contribution in [0.1, 0.15) is 10.8 Å². The van der Waals surface area contributed by atoms with Crippen LogP contribution in [0.15, 0.2) is 59.8 Å². The molecule has 1 amide bonds. The lowest BCUT2D eigenvalue weighted by atomic mass is 10.1. The van der Waals surface area contributed by atoms with E-state index in [1.165, 1.54) is 11.8 Å². The Morgan fingerprint density at radius 3 is 2.44 bits per heavy atom. The smallest absolute Gasteiger partial charge is 0.240 e. The summed E-state index contributed by atoms with van der Waals surface area (Å²) in [6.07, 6.45) is 0. The highest BCUT2D eigenvalue weighted by atomic mass is 35.5. The highest BCUT2D eigenvalue weighted by molar-refractivity contribution is 8.00. The minimum absolute atomic E-state index is 0.0261. The van der Waals surface area contributed by atoms with Crippen molar-refractivity contribution in [2.75, 3.05) is 14.1 Å². The second kappa shape index (κ2) is 7.67. The number of benzene rings is 2. The van der Waals surface area contributed by atoms with Gasteiger partial charge in [-0.1, -0.05) is 53.7 Å². The van der Waals surface area contributed by atoms with Crippen molar-refractivity contribution in [2.45, 2.75) is 10.4 Å². The molecule has 3 rings (SSSR count). The van der Waals surface area contributed by atoms with E-state index in [-0.39, 0.29) is 5.91 Å². The molecule has 0 fully saturated rings. The third-order valence-electron chi connectivity index (χ3n) is 3.50. The average Bonchev–Trinajstić information content (AvgIpc) is 3.08. The number of aromatic nitrogens is 4. The van der Waals surface area contributed by atoms with E-state index in [0.717, 1.165) is 11.3 Å². The number of halogens is 1. The third kappa shape index (κ3) is 4.00. The van der Waals surface area contributed by atoms with Gasteiger partial charge < -0.3 is 4.90 Å². The molecule has 1 heterocycles. The van der Waals surface area contributed by atoms with E-state index in [1.807, 2.05) is 42.5 Å². The predicted octanol–water partition coefficient (Wildman–Crippen LogP) is 3.24. The van der Waals surface area contributed by atoms with Crippen molar-refractivity contribution in [2.24, 2.45) is 0 Å². The van der Waals surface area contributed by atoms with Crippen molar-refractivity contribution >= 4 is 29.3 Å². The van der Waals surface area contributed by atoms with Crippen LogP contribution in [0.2, 0.25) is 5.02 Å². The third-order valence-corrected chi connectivity index (χ3v) is 4.93. The zero-order chi connectivity index (χ0) is 17.8. The number of tetrazole rings is 1. The molecule has 128 valence electrons. The number of hydrogen-bond acceptors (Lipinski definition) is 5. The van der Waals surface area contributed by atoms with Crippen LogP contribution >= 0.6 is 23.4 Å². The molecular formula is C17H16ClN5OS. The number of carbonyl (C=O) groups is 1. The van der Waals surface area contributed by atoms with Gasteiger partial charge >= 0.3 is 0 Å². The molecule has 0 spiro atoms. The van der Waals surface area contributed by atoms with Gasteiger partial charge in [0.05, 0.1) is 5.69 Å². The number of amides is 1. The van der Waals surface area contributed by atoms with Crippen LogP contribution in [0.3, 0.4) is 0 Å². The van der Waals surface area contributed by atoms with E-state index in [4.69, 9.17) is 11.6 Å². The Balaban J connectivity index is 1.95. The molecule has 6 nitrogen and oxygen atoms in total. The van der Waals surface area contributed by atoms with Gasteiger partial charge in [-0.2, -0.15) is 4.68 Å². The van der Waals surface area contributed by atoms with Crippen LogP contribution < -0.4 is 0 Å². The minimum atomic E-state index is -0.437. The van der Waals surface area contributed by atoms with Gasteiger partial charge in [0.2, 0.25) is 11.1 Å². The van der Waals surface area contributed by atoms with Crippen LogP contribution in [0.5, 0.6) is 0 Å². The largest absolute Gasteiger partial charge is 0.348 e. The highest BCUT2D eigenvalue weighted by Crippen LogP contribution is 2.35. The lowest BCUT2D eigenvalue weighted by Gasteiger charge is -2.20. The number of thioether (sulfide) groups is 1.